The monoisotopic (exact) mass is 276 g/mol. The van der Waals surface area contributed by atoms with Crippen molar-refractivity contribution in [2.75, 3.05) is 11.9 Å². The second kappa shape index (κ2) is 5.04. The summed E-state index contributed by atoms with van der Waals surface area (Å²) in [5, 5.41) is 16.4. The lowest BCUT2D eigenvalue weighted by molar-refractivity contribution is 0.101. The SMILES string of the molecule is Cc1[nH]nc(NC(=O)c2noc(C3CCCN3)n2)c1C. The van der Waals surface area contributed by atoms with Gasteiger partial charge in [-0.05, 0) is 33.2 Å². The molecule has 1 fully saturated rings. The van der Waals surface area contributed by atoms with Crippen molar-refractivity contribution in [3.05, 3.63) is 23.0 Å². The highest BCUT2D eigenvalue weighted by molar-refractivity contribution is 6.01. The zero-order valence-electron chi connectivity index (χ0n) is 11.4. The predicted molar refractivity (Wildman–Crippen MR) is 70.3 cm³/mol. The van der Waals surface area contributed by atoms with E-state index in [9.17, 15) is 4.79 Å². The second-order valence-electron chi connectivity index (χ2n) is 4.88. The van der Waals surface area contributed by atoms with Crippen molar-refractivity contribution >= 4 is 11.7 Å². The smallest absolute Gasteiger partial charge is 0.298 e. The Morgan fingerprint density at radius 1 is 1.45 bits per heavy atom. The second-order valence-corrected chi connectivity index (χ2v) is 4.88. The van der Waals surface area contributed by atoms with Gasteiger partial charge in [-0.2, -0.15) is 10.1 Å². The number of aromatic nitrogens is 4. The van der Waals surface area contributed by atoms with Crippen LogP contribution in [-0.4, -0.2) is 32.8 Å². The standard InChI is InChI=1S/C12H16N6O2/c1-6-7(2)16-17-9(6)14-11(19)10-15-12(20-18-10)8-4-3-5-13-8/h8,13H,3-5H2,1-2H3,(H2,14,16,17,19). The third kappa shape index (κ3) is 2.29. The molecule has 0 spiro atoms. The van der Waals surface area contributed by atoms with Crippen LogP contribution >= 0.6 is 0 Å². The molecule has 0 saturated carbocycles. The van der Waals surface area contributed by atoms with Crippen LogP contribution in [0.15, 0.2) is 4.52 Å². The van der Waals surface area contributed by atoms with Crippen molar-refractivity contribution in [1.29, 1.82) is 0 Å². The first kappa shape index (κ1) is 12.8. The zero-order chi connectivity index (χ0) is 14.1. The Balaban J connectivity index is 1.72. The first-order valence-corrected chi connectivity index (χ1v) is 6.55. The van der Waals surface area contributed by atoms with Gasteiger partial charge >= 0.3 is 0 Å². The van der Waals surface area contributed by atoms with E-state index in [0.29, 0.717) is 11.7 Å². The summed E-state index contributed by atoms with van der Waals surface area (Å²) in [6, 6.07) is 0.0541. The highest BCUT2D eigenvalue weighted by Gasteiger charge is 2.24. The zero-order valence-corrected chi connectivity index (χ0v) is 11.4. The number of rotatable bonds is 3. The fraction of sp³-hybridized carbons (Fsp3) is 0.500. The van der Waals surface area contributed by atoms with Crippen molar-refractivity contribution < 1.29 is 9.32 Å². The Labute approximate surface area is 115 Å². The summed E-state index contributed by atoms with van der Waals surface area (Å²) in [5.41, 5.74) is 1.80. The van der Waals surface area contributed by atoms with Crippen LogP contribution in [-0.2, 0) is 0 Å². The largest absolute Gasteiger partial charge is 0.337 e. The van der Waals surface area contributed by atoms with Crippen molar-refractivity contribution in [3.8, 4) is 0 Å². The van der Waals surface area contributed by atoms with E-state index < -0.39 is 5.91 Å². The van der Waals surface area contributed by atoms with E-state index in [-0.39, 0.29) is 11.9 Å². The molecule has 0 bridgehead atoms. The normalized spacial score (nSPS) is 18.4. The lowest BCUT2D eigenvalue weighted by Gasteiger charge is -2.01. The van der Waals surface area contributed by atoms with Crippen molar-refractivity contribution in [2.24, 2.45) is 0 Å². The van der Waals surface area contributed by atoms with Gasteiger partial charge in [0, 0.05) is 11.3 Å². The van der Waals surface area contributed by atoms with Gasteiger partial charge in [0.1, 0.15) is 0 Å². The van der Waals surface area contributed by atoms with Gasteiger partial charge in [-0.1, -0.05) is 5.16 Å². The molecule has 3 N–H and O–H groups in total. The Hall–Kier alpha value is -2.22. The van der Waals surface area contributed by atoms with Gasteiger partial charge in [-0.25, -0.2) is 0 Å². The minimum absolute atomic E-state index is 0.0220. The minimum Gasteiger partial charge on any atom is -0.337 e. The van der Waals surface area contributed by atoms with E-state index in [1.165, 1.54) is 0 Å². The molecule has 1 amide bonds. The Morgan fingerprint density at radius 2 is 2.30 bits per heavy atom. The summed E-state index contributed by atoms with van der Waals surface area (Å²) in [7, 11) is 0. The van der Waals surface area contributed by atoms with E-state index in [1.807, 2.05) is 13.8 Å². The molecule has 0 aromatic carbocycles. The first-order chi connectivity index (χ1) is 9.65. The average Bonchev–Trinajstić information content (AvgIpc) is 3.14. The molecule has 0 aliphatic carbocycles. The number of aromatic amines is 1. The van der Waals surface area contributed by atoms with Gasteiger partial charge in [-0.3, -0.25) is 9.89 Å². The predicted octanol–water partition coefficient (Wildman–Crippen LogP) is 1.09. The van der Waals surface area contributed by atoms with Gasteiger partial charge in [0.2, 0.25) is 5.89 Å². The fourth-order valence-corrected chi connectivity index (χ4v) is 2.13. The molecule has 20 heavy (non-hydrogen) atoms. The number of hydrogen-bond acceptors (Lipinski definition) is 6. The van der Waals surface area contributed by atoms with Crippen LogP contribution in [0.1, 0.15) is 46.7 Å². The summed E-state index contributed by atoms with van der Waals surface area (Å²) in [6.07, 6.45) is 2.02. The Morgan fingerprint density at radius 3 is 2.95 bits per heavy atom. The number of anilines is 1. The number of aryl methyl sites for hydroxylation is 1. The number of nitrogens with zero attached hydrogens (tertiary/aromatic N) is 3. The number of carbonyl (C=O) groups excluding carboxylic acids is 1. The quantitative estimate of drug-likeness (QED) is 0.774. The molecule has 3 rings (SSSR count). The van der Waals surface area contributed by atoms with E-state index in [1.54, 1.807) is 0 Å². The van der Waals surface area contributed by atoms with Crippen LogP contribution in [0.4, 0.5) is 5.82 Å². The molecule has 1 aliphatic rings. The van der Waals surface area contributed by atoms with E-state index in [4.69, 9.17) is 4.52 Å². The maximum atomic E-state index is 12.0. The third-order valence-corrected chi connectivity index (χ3v) is 3.49. The molecule has 1 saturated heterocycles. The van der Waals surface area contributed by atoms with E-state index in [0.717, 1.165) is 30.6 Å². The molecular formula is C12H16N6O2. The van der Waals surface area contributed by atoms with Crippen LogP contribution in [0.2, 0.25) is 0 Å². The number of hydrogen-bond donors (Lipinski definition) is 3. The molecule has 2 aromatic rings. The summed E-state index contributed by atoms with van der Waals surface area (Å²) in [5.74, 6) is 0.543. The van der Waals surface area contributed by atoms with E-state index >= 15 is 0 Å². The summed E-state index contributed by atoms with van der Waals surface area (Å²) < 4.78 is 5.13. The van der Waals surface area contributed by atoms with Gasteiger partial charge in [0.05, 0.1) is 6.04 Å². The lowest BCUT2D eigenvalue weighted by Crippen LogP contribution is -2.16. The molecule has 1 aliphatic heterocycles. The van der Waals surface area contributed by atoms with Crippen molar-refractivity contribution in [1.82, 2.24) is 25.7 Å². The molecule has 8 nitrogen and oxygen atoms in total. The van der Waals surface area contributed by atoms with Crippen LogP contribution < -0.4 is 10.6 Å². The molecule has 106 valence electrons. The molecule has 3 heterocycles. The molecule has 8 heteroatoms. The lowest BCUT2D eigenvalue weighted by atomic mass is 10.2. The number of amides is 1. The van der Waals surface area contributed by atoms with Crippen LogP contribution in [0.25, 0.3) is 0 Å². The molecule has 2 aromatic heterocycles. The summed E-state index contributed by atoms with van der Waals surface area (Å²) in [4.78, 5) is 16.2. The Kier molecular flexibility index (Phi) is 3.23. The Bertz CT molecular complexity index is 626. The van der Waals surface area contributed by atoms with Crippen molar-refractivity contribution in [2.45, 2.75) is 32.7 Å². The number of H-pyrrole nitrogens is 1. The highest BCUT2D eigenvalue weighted by atomic mass is 16.5. The van der Waals surface area contributed by atoms with Crippen LogP contribution in [0.3, 0.4) is 0 Å². The molecule has 1 atom stereocenters. The maximum Gasteiger partial charge on any atom is 0.298 e. The minimum atomic E-state index is -0.424. The van der Waals surface area contributed by atoms with Gasteiger partial charge < -0.3 is 15.2 Å². The van der Waals surface area contributed by atoms with E-state index in [2.05, 4.69) is 31.0 Å². The first-order valence-electron chi connectivity index (χ1n) is 6.55. The maximum absolute atomic E-state index is 12.0. The van der Waals surface area contributed by atoms with Gasteiger partial charge in [-0.15, -0.1) is 0 Å². The fourth-order valence-electron chi connectivity index (χ4n) is 2.13. The van der Waals surface area contributed by atoms with Crippen molar-refractivity contribution in [3.63, 3.8) is 0 Å². The summed E-state index contributed by atoms with van der Waals surface area (Å²) in [6.45, 7) is 4.69. The average molecular weight is 276 g/mol. The summed E-state index contributed by atoms with van der Waals surface area (Å²) >= 11 is 0. The number of carbonyl (C=O) groups is 1. The molecule has 0 radical (unpaired) electrons. The van der Waals surface area contributed by atoms with Gasteiger partial charge in [0.15, 0.2) is 5.82 Å². The number of nitrogens with one attached hydrogen (secondary N) is 3. The topological polar surface area (TPSA) is 109 Å². The highest BCUT2D eigenvalue weighted by Crippen LogP contribution is 2.21. The molecular weight excluding hydrogens is 260 g/mol. The van der Waals surface area contributed by atoms with Crippen LogP contribution in [0.5, 0.6) is 0 Å². The van der Waals surface area contributed by atoms with Crippen LogP contribution in [0, 0.1) is 13.8 Å². The van der Waals surface area contributed by atoms with Gasteiger partial charge in [0.25, 0.3) is 11.7 Å². The third-order valence-electron chi connectivity index (χ3n) is 3.49. The molecule has 1 unspecified atom stereocenters.